The molecule has 2 aromatic rings. The van der Waals surface area contributed by atoms with Gasteiger partial charge in [0.25, 0.3) is 0 Å². The van der Waals surface area contributed by atoms with Gasteiger partial charge in [-0.2, -0.15) is 5.10 Å². The summed E-state index contributed by atoms with van der Waals surface area (Å²) in [6.07, 6.45) is 2.02. The van der Waals surface area contributed by atoms with Crippen molar-refractivity contribution in [3.05, 3.63) is 52.8 Å². The lowest BCUT2D eigenvalue weighted by Gasteiger charge is -2.17. The van der Waals surface area contributed by atoms with Crippen molar-refractivity contribution in [1.29, 1.82) is 0 Å². The van der Waals surface area contributed by atoms with E-state index in [1.54, 1.807) is 0 Å². The van der Waals surface area contributed by atoms with Crippen molar-refractivity contribution in [2.24, 2.45) is 0 Å². The maximum atomic E-state index is 4.91. The molecule has 0 atom stereocenters. The summed E-state index contributed by atoms with van der Waals surface area (Å²) in [5.74, 6) is 0. The predicted octanol–water partition coefficient (Wildman–Crippen LogP) is 1.68. The number of hydrogen-bond acceptors (Lipinski definition) is 3. The van der Waals surface area contributed by atoms with E-state index in [1.807, 2.05) is 0 Å². The minimum atomic E-state index is 0.930. The number of aromatic nitrogens is 2. The Hall–Kier alpha value is -1.65. The molecular formula is C17H24N4. The summed E-state index contributed by atoms with van der Waals surface area (Å²) in [4.78, 5) is 2.21. The predicted molar refractivity (Wildman–Crippen MR) is 85.4 cm³/mol. The van der Waals surface area contributed by atoms with Crippen molar-refractivity contribution in [1.82, 2.24) is 20.0 Å². The molecule has 0 amide bonds. The minimum absolute atomic E-state index is 0.930. The molecule has 0 aliphatic carbocycles. The van der Waals surface area contributed by atoms with Gasteiger partial charge < -0.3 is 10.2 Å². The molecule has 21 heavy (non-hydrogen) atoms. The third-order valence-electron chi connectivity index (χ3n) is 4.06. The van der Waals surface area contributed by atoms with Crippen molar-refractivity contribution in [3.8, 4) is 0 Å². The molecule has 3 rings (SSSR count). The van der Waals surface area contributed by atoms with Gasteiger partial charge in [0, 0.05) is 43.7 Å². The highest BCUT2D eigenvalue weighted by molar-refractivity contribution is 5.33. The van der Waals surface area contributed by atoms with Crippen molar-refractivity contribution >= 4 is 0 Å². The molecule has 0 bridgehead atoms. The van der Waals surface area contributed by atoms with E-state index in [9.17, 15) is 0 Å². The number of fused-ring (bicyclic) bond motifs is 1. The van der Waals surface area contributed by atoms with Crippen LogP contribution >= 0.6 is 0 Å². The summed E-state index contributed by atoms with van der Waals surface area (Å²) in [5.41, 5.74) is 5.43. The fourth-order valence-corrected chi connectivity index (χ4v) is 2.90. The SMILES string of the molecule is CN(C)CCn1nc(Cc2ccccc2)c2c1CCNC2. The molecule has 2 heterocycles. The number of likely N-dealkylation sites (N-methyl/N-ethyl adjacent to an activating group) is 1. The maximum absolute atomic E-state index is 4.91. The van der Waals surface area contributed by atoms with Gasteiger partial charge in [0.1, 0.15) is 0 Å². The standard InChI is InChI=1S/C17H24N4/c1-20(2)10-11-21-17-8-9-18-13-15(17)16(19-21)12-14-6-4-3-5-7-14/h3-7,18H,8-13H2,1-2H3. The fraction of sp³-hybridized carbons (Fsp3) is 0.471. The number of nitrogens with one attached hydrogen (secondary N) is 1. The van der Waals surface area contributed by atoms with E-state index >= 15 is 0 Å². The second-order valence-electron chi connectivity index (χ2n) is 5.99. The lowest BCUT2D eigenvalue weighted by molar-refractivity contribution is 0.367. The van der Waals surface area contributed by atoms with Crippen LogP contribution in [0.5, 0.6) is 0 Å². The first-order valence-electron chi connectivity index (χ1n) is 7.71. The van der Waals surface area contributed by atoms with Crippen molar-refractivity contribution < 1.29 is 0 Å². The minimum Gasteiger partial charge on any atom is -0.312 e. The Morgan fingerprint density at radius 2 is 2.05 bits per heavy atom. The monoisotopic (exact) mass is 284 g/mol. The van der Waals surface area contributed by atoms with Gasteiger partial charge in [0.05, 0.1) is 12.2 Å². The Bertz CT molecular complexity index is 586. The molecule has 4 heteroatoms. The number of benzene rings is 1. The molecule has 1 aliphatic heterocycles. The summed E-state index contributed by atoms with van der Waals surface area (Å²) >= 11 is 0. The summed E-state index contributed by atoms with van der Waals surface area (Å²) in [5, 5.41) is 8.39. The normalized spacial score (nSPS) is 14.4. The van der Waals surface area contributed by atoms with Crippen LogP contribution in [-0.2, 0) is 25.9 Å². The number of nitrogens with zero attached hydrogens (tertiary/aromatic N) is 3. The smallest absolute Gasteiger partial charge is 0.0716 e. The van der Waals surface area contributed by atoms with Gasteiger partial charge in [0.15, 0.2) is 0 Å². The van der Waals surface area contributed by atoms with Crippen LogP contribution in [0.15, 0.2) is 30.3 Å². The second kappa shape index (κ2) is 6.41. The van der Waals surface area contributed by atoms with Crippen molar-refractivity contribution in [2.75, 3.05) is 27.2 Å². The van der Waals surface area contributed by atoms with Gasteiger partial charge in [-0.05, 0) is 19.7 Å². The van der Waals surface area contributed by atoms with E-state index in [4.69, 9.17) is 5.10 Å². The van der Waals surface area contributed by atoms with Crippen LogP contribution in [0.25, 0.3) is 0 Å². The van der Waals surface area contributed by atoms with E-state index in [1.165, 1.54) is 22.5 Å². The first-order valence-corrected chi connectivity index (χ1v) is 7.71. The lowest BCUT2D eigenvalue weighted by Crippen LogP contribution is -2.26. The Labute approximate surface area is 126 Å². The molecule has 1 aliphatic rings. The Balaban J connectivity index is 1.86. The van der Waals surface area contributed by atoms with E-state index in [0.717, 1.165) is 39.0 Å². The highest BCUT2D eigenvalue weighted by atomic mass is 15.3. The Morgan fingerprint density at radius 1 is 1.24 bits per heavy atom. The quantitative estimate of drug-likeness (QED) is 0.907. The lowest BCUT2D eigenvalue weighted by atomic mass is 10.0. The Kier molecular flexibility index (Phi) is 4.36. The van der Waals surface area contributed by atoms with Crippen LogP contribution in [0.2, 0.25) is 0 Å². The molecular weight excluding hydrogens is 260 g/mol. The first-order chi connectivity index (χ1) is 10.2. The van der Waals surface area contributed by atoms with Crippen molar-refractivity contribution in [3.63, 3.8) is 0 Å². The highest BCUT2D eigenvalue weighted by Gasteiger charge is 2.20. The van der Waals surface area contributed by atoms with Crippen LogP contribution in [0.4, 0.5) is 0 Å². The largest absolute Gasteiger partial charge is 0.312 e. The number of rotatable bonds is 5. The number of hydrogen-bond donors (Lipinski definition) is 1. The van der Waals surface area contributed by atoms with E-state index in [0.29, 0.717) is 0 Å². The zero-order valence-electron chi connectivity index (χ0n) is 13.0. The van der Waals surface area contributed by atoms with Gasteiger partial charge in [0.2, 0.25) is 0 Å². The van der Waals surface area contributed by atoms with Gasteiger partial charge in [-0.3, -0.25) is 4.68 Å². The third kappa shape index (κ3) is 3.34. The van der Waals surface area contributed by atoms with Crippen LogP contribution in [0.1, 0.15) is 22.5 Å². The van der Waals surface area contributed by atoms with E-state index in [-0.39, 0.29) is 0 Å². The molecule has 0 spiro atoms. The van der Waals surface area contributed by atoms with Crippen LogP contribution in [0, 0.1) is 0 Å². The summed E-state index contributed by atoms with van der Waals surface area (Å²) < 4.78 is 2.23. The zero-order valence-corrected chi connectivity index (χ0v) is 13.0. The molecule has 0 saturated carbocycles. The molecule has 0 fully saturated rings. The maximum Gasteiger partial charge on any atom is 0.0716 e. The van der Waals surface area contributed by atoms with Gasteiger partial charge in [-0.15, -0.1) is 0 Å². The van der Waals surface area contributed by atoms with Crippen LogP contribution < -0.4 is 5.32 Å². The van der Waals surface area contributed by atoms with Gasteiger partial charge in [-0.25, -0.2) is 0 Å². The van der Waals surface area contributed by atoms with Crippen molar-refractivity contribution in [2.45, 2.75) is 25.9 Å². The average molecular weight is 284 g/mol. The molecule has 1 aromatic heterocycles. The molecule has 0 saturated heterocycles. The molecule has 1 N–H and O–H groups in total. The first kappa shape index (κ1) is 14.3. The molecule has 1 aromatic carbocycles. The summed E-state index contributed by atoms with van der Waals surface area (Å²) in [7, 11) is 4.23. The summed E-state index contributed by atoms with van der Waals surface area (Å²) in [6.45, 7) is 4.03. The topological polar surface area (TPSA) is 33.1 Å². The molecule has 0 radical (unpaired) electrons. The Morgan fingerprint density at radius 3 is 2.81 bits per heavy atom. The zero-order chi connectivity index (χ0) is 14.7. The average Bonchev–Trinajstić information content (AvgIpc) is 2.85. The summed E-state index contributed by atoms with van der Waals surface area (Å²) in [6, 6.07) is 10.6. The molecule has 4 nitrogen and oxygen atoms in total. The second-order valence-corrected chi connectivity index (χ2v) is 5.99. The molecule has 112 valence electrons. The van der Waals surface area contributed by atoms with E-state index in [2.05, 4.69) is 59.3 Å². The van der Waals surface area contributed by atoms with Crippen LogP contribution in [0.3, 0.4) is 0 Å². The van der Waals surface area contributed by atoms with E-state index < -0.39 is 0 Å². The third-order valence-corrected chi connectivity index (χ3v) is 4.06. The highest BCUT2D eigenvalue weighted by Crippen LogP contribution is 2.21. The van der Waals surface area contributed by atoms with Crippen LogP contribution in [-0.4, -0.2) is 41.9 Å². The van der Waals surface area contributed by atoms with Gasteiger partial charge in [-0.1, -0.05) is 30.3 Å². The fourth-order valence-electron chi connectivity index (χ4n) is 2.90. The molecule has 0 unspecified atom stereocenters. The van der Waals surface area contributed by atoms with Gasteiger partial charge >= 0.3 is 0 Å².